The summed E-state index contributed by atoms with van der Waals surface area (Å²) >= 11 is 0. The molecule has 28 heavy (non-hydrogen) atoms. The van der Waals surface area contributed by atoms with Crippen LogP contribution in [0.3, 0.4) is 0 Å². The van der Waals surface area contributed by atoms with Gasteiger partial charge >= 0.3 is 0 Å². The highest BCUT2D eigenvalue weighted by Gasteiger charge is 2.67. The van der Waals surface area contributed by atoms with Crippen molar-refractivity contribution in [3.8, 4) is 11.5 Å². The molecule has 1 N–H and O–H groups in total. The minimum Gasteiger partial charge on any atom is -0.508 e. The van der Waals surface area contributed by atoms with Crippen LogP contribution in [0.1, 0.15) is 62.3 Å². The molecular formula is C22H40O4PSi+. The molecule has 0 saturated heterocycles. The SMILES string of the molecule is COC(OC)[Si]COc1ccc(O)cc1[P+](C(C)(C)C)(C(C)(C)C)C(C)(C)C. The Bertz CT molecular complexity index is 601. The van der Waals surface area contributed by atoms with Gasteiger partial charge in [0.1, 0.15) is 17.0 Å². The first-order chi connectivity index (χ1) is 12.6. The summed E-state index contributed by atoms with van der Waals surface area (Å²) in [4.78, 5) is 0. The lowest BCUT2D eigenvalue weighted by atomic mass is 10.2. The van der Waals surface area contributed by atoms with E-state index in [1.165, 1.54) is 0 Å². The van der Waals surface area contributed by atoms with Crippen LogP contribution >= 0.6 is 7.26 Å². The van der Waals surface area contributed by atoms with Gasteiger partial charge in [-0.15, -0.1) is 0 Å². The summed E-state index contributed by atoms with van der Waals surface area (Å²) < 4.78 is 16.9. The summed E-state index contributed by atoms with van der Waals surface area (Å²) in [6, 6.07) is 5.58. The topological polar surface area (TPSA) is 47.9 Å². The zero-order chi connectivity index (χ0) is 22.0. The fourth-order valence-corrected chi connectivity index (χ4v) is 15.2. The Labute approximate surface area is 175 Å². The molecule has 0 fully saturated rings. The highest BCUT2D eigenvalue weighted by Crippen LogP contribution is 2.83. The molecule has 1 aromatic carbocycles. The van der Waals surface area contributed by atoms with Crippen LogP contribution in [0.4, 0.5) is 0 Å². The highest BCUT2D eigenvalue weighted by molar-refractivity contribution is 7.87. The van der Waals surface area contributed by atoms with Gasteiger partial charge in [-0.3, -0.25) is 0 Å². The monoisotopic (exact) mass is 427 g/mol. The van der Waals surface area contributed by atoms with E-state index in [0.717, 1.165) is 11.1 Å². The van der Waals surface area contributed by atoms with E-state index in [2.05, 4.69) is 62.3 Å². The van der Waals surface area contributed by atoms with Gasteiger partial charge in [0.15, 0.2) is 15.3 Å². The lowest BCUT2D eigenvalue weighted by Crippen LogP contribution is -2.49. The molecule has 0 aromatic heterocycles. The van der Waals surface area contributed by atoms with Crippen molar-refractivity contribution < 1.29 is 19.3 Å². The molecule has 0 saturated carbocycles. The average Bonchev–Trinajstić information content (AvgIpc) is 2.49. The van der Waals surface area contributed by atoms with Gasteiger partial charge in [-0.2, -0.15) is 0 Å². The van der Waals surface area contributed by atoms with E-state index in [-0.39, 0.29) is 21.4 Å². The Morgan fingerprint density at radius 3 is 1.75 bits per heavy atom. The number of aromatic hydroxyl groups is 1. The first-order valence-corrected chi connectivity index (χ1v) is 12.9. The van der Waals surface area contributed by atoms with Crippen LogP contribution in [0.15, 0.2) is 18.2 Å². The molecular weight excluding hydrogens is 387 g/mol. The lowest BCUT2D eigenvalue weighted by molar-refractivity contribution is -0.0450. The van der Waals surface area contributed by atoms with Crippen LogP contribution in [-0.2, 0) is 9.47 Å². The van der Waals surface area contributed by atoms with Crippen LogP contribution < -0.4 is 10.0 Å². The lowest BCUT2D eigenvalue weighted by Gasteiger charge is -2.54. The zero-order valence-electron chi connectivity index (χ0n) is 19.6. The second kappa shape index (κ2) is 9.03. The number of hydrogen-bond donors (Lipinski definition) is 1. The quantitative estimate of drug-likeness (QED) is 0.376. The number of phenols is 1. The number of benzene rings is 1. The molecule has 0 bridgehead atoms. The Kier molecular flexibility index (Phi) is 8.20. The van der Waals surface area contributed by atoms with Gasteiger partial charge < -0.3 is 19.3 Å². The smallest absolute Gasteiger partial charge is 0.166 e. The second-order valence-corrected chi connectivity index (χ2v) is 17.1. The maximum absolute atomic E-state index is 10.4. The van der Waals surface area contributed by atoms with Crippen LogP contribution in [0, 0.1) is 0 Å². The van der Waals surface area contributed by atoms with Gasteiger partial charge in [0.05, 0.1) is 29.0 Å². The Morgan fingerprint density at radius 1 is 0.893 bits per heavy atom. The molecule has 0 aliphatic rings. The third-order valence-electron chi connectivity index (χ3n) is 5.23. The van der Waals surface area contributed by atoms with Crippen molar-refractivity contribution >= 4 is 22.1 Å². The van der Waals surface area contributed by atoms with Gasteiger partial charge in [0.2, 0.25) is 0 Å². The predicted octanol–water partition coefficient (Wildman–Crippen LogP) is 5.05. The average molecular weight is 428 g/mol. The van der Waals surface area contributed by atoms with Gasteiger partial charge in [0, 0.05) is 20.3 Å². The summed E-state index contributed by atoms with van der Waals surface area (Å²) in [5.41, 5.74) is 0. The molecule has 160 valence electrons. The van der Waals surface area contributed by atoms with Gasteiger partial charge in [-0.25, -0.2) is 0 Å². The van der Waals surface area contributed by atoms with Crippen molar-refractivity contribution in [2.45, 2.75) is 83.7 Å². The van der Waals surface area contributed by atoms with Crippen molar-refractivity contribution in [1.29, 1.82) is 0 Å². The van der Waals surface area contributed by atoms with Crippen molar-refractivity contribution in [3.63, 3.8) is 0 Å². The largest absolute Gasteiger partial charge is 0.508 e. The van der Waals surface area contributed by atoms with Crippen molar-refractivity contribution in [1.82, 2.24) is 0 Å². The van der Waals surface area contributed by atoms with Gasteiger partial charge in [-0.05, 0) is 74.4 Å². The predicted molar refractivity (Wildman–Crippen MR) is 123 cm³/mol. The summed E-state index contributed by atoms with van der Waals surface area (Å²) in [5.74, 6) is 0.899. The highest BCUT2D eigenvalue weighted by atomic mass is 31.2. The summed E-state index contributed by atoms with van der Waals surface area (Å²) in [6.45, 7) is 21.0. The number of methoxy groups -OCH3 is 2. The molecule has 0 heterocycles. The van der Waals surface area contributed by atoms with Gasteiger partial charge in [0.25, 0.3) is 0 Å². The van der Waals surface area contributed by atoms with Crippen molar-refractivity contribution in [2.75, 3.05) is 20.4 Å². The standard InChI is InChI=1S/C22H39O4PSi/c1-20(2,3)27(21(4,5)6,22(7,8)9)18-14-16(23)12-13-17(18)26-15-28-19(24-10)25-11/h12-14,19H,15H2,1-11H3/p+1. The molecule has 0 atom stereocenters. The number of phenolic OH excluding ortho intramolecular Hbond substituents is 1. The fourth-order valence-electron chi connectivity index (χ4n) is 5.44. The molecule has 1 rings (SSSR count). The normalized spacial score (nSPS) is 13.9. The van der Waals surface area contributed by atoms with Gasteiger partial charge in [-0.1, -0.05) is 0 Å². The molecule has 0 amide bonds. The number of rotatable bonds is 7. The van der Waals surface area contributed by atoms with Crippen LogP contribution in [-0.4, -0.2) is 56.5 Å². The Hall–Kier alpha value is -0.613. The fraction of sp³-hybridized carbons (Fsp3) is 0.727. The minimum atomic E-state index is -1.89. The first kappa shape index (κ1) is 25.4. The minimum absolute atomic E-state index is 0.0271. The van der Waals surface area contributed by atoms with Crippen molar-refractivity contribution in [2.24, 2.45) is 0 Å². The summed E-state index contributed by atoms with van der Waals surface area (Å²) in [7, 11) is 1.77. The van der Waals surface area contributed by atoms with E-state index < -0.39 is 7.26 Å². The van der Waals surface area contributed by atoms with E-state index in [0.29, 0.717) is 21.5 Å². The number of hydrogen-bond acceptors (Lipinski definition) is 4. The molecule has 0 unspecified atom stereocenters. The van der Waals surface area contributed by atoms with Crippen LogP contribution in [0.5, 0.6) is 11.5 Å². The van der Waals surface area contributed by atoms with Crippen LogP contribution in [0.2, 0.25) is 0 Å². The summed E-state index contributed by atoms with van der Waals surface area (Å²) in [5, 5.41) is 11.7. The molecule has 2 radical (unpaired) electrons. The second-order valence-electron chi connectivity index (χ2n) is 10.1. The molecule has 0 spiro atoms. The third-order valence-corrected chi connectivity index (χ3v) is 13.5. The summed E-state index contributed by atoms with van der Waals surface area (Å²) in [6.07, 6.45) is 0.516. The maximum atomic E-state index is 10.4. The molecule has 0 aliphatic carbocycles. The maximum Gasteiger partial charge on any atom is 0.166 e. The first-order valence-electron chi connectivity index (χ1n) is 9.78. The molecule has 6 heteroatoms. The molecule has 4 nitrogen and oxygen atoms in total. The van der Waals surface area contributed by atoms with E-state index in [1.807, 2.05) is 12.1 Å². The van der Waals surface area contributed by atoms with E-state index in [1.54, 1.807) is 20.3 Å². The van der Waals surface area contributed by atoms with E-state index in [4.69, 9.17) is 14.2 Å². The Balaban J connectivity index is 3.61. The van der Waals surface area contributed by atoms with E-state index >= 15 is 0 Å². The third kappa shape index (κ3) is 4.92. The van der Waals surface area contributed by atoms with E-state index in [9.17, 15) is 5.11 Å². The molecule has 1 aromatic rings. The number of ether oxygens (including phenoxy) is 3. The zero-order valence-corrected chi connectivity index (χ0v) is 21.5. The van der Waals surface area contributed by atoms with Crippen molar-refractivity contribution in [3.05, 3.63) is 18.2 Å². The molecule has 0 aliphatic heterocycles. The Morgan fingerprint density at radius 2 is 1.36 bits per heavy atom. The van der Waals surface area contributed by atoms with Crippen LogP contribution in [0.25, 0.3) is 0 Å².